The molecule has 0 aliphatic heterocycles. The van der Waals surface area contributed by atoms with Crippen LogP contribution in [0.25, 0.3) is 0 Å². The molecular weight excluding hydrogens is 180 g/mol. The van der Waals surface area contributed by atoms with Gasteiger partial charge in [0.1, 0.15) is 0 Å². The van der Waals surface area contributed by atoms with Crippen molar-refractivity contribution in [3.05, 3.63) is 0 Å². The highest BCUT2D eigenvalue weighted by Gasteiger charge is 2.30. The molecular formula is C11H22OS. The predicted octanol–water partition coefficient (Wildman–Crippen LogP) is 2.97. The fourth-order valence-electron chi connectivity index (χ4n) is 2.43. The summed E-state index contributed by atoms with van der Waals surface area (Å²) in [5, 5.41) is 0.499. The second kappa shape index (κ2) is 5.14. The molecule has 0 radical (unpaired) electrons. The maximum Gasteiger partial charge on any atom is 0.0378 e. The second-order valence-electron chi connectivity index (χ2n) is 4.40. The Hall–Kier alpha value is 0.150. The van der Waals surface area contributed by atoms with Gasteiger partial charge in [-0.25, -0.2) is 0 Å². The standard InChI is InChI=1S/C11H22OS/c1-4-13(12)11-8-6-5-7-10(11)9(2)3/h9-11H,4-8H2,1-3H3. The number of hydrogen-bond donors (Lipinski definition) is 0. The average Bonchev–Trinajstić information content (AvgIpc) is 2.16. The zero-order valence-corrected chi connectivity index (χ0v) is 9.90. The van der Waals surface area contributed by atoms with E-state index in [1.165, 1.54) is 25.7 Å². The molecule has 0 amide bonds. The highest BCUT2D eigenvalue weighted by atomic mass is 32.2. The predicted molar refractivity (Wildman–Crippen MR) is 59.3 cm³/mol. The number of hydrogen-bond acceptors (Lipinski definition) is 1. The van der Waals surface area contributed by atoms with Gasteiger partial charge in [-0.1, -0.05) is 33.6 Å². The summed E-state index contributed by atoms with van der Waals surface area (Å²) in [4.78, 5) is 0. The lowest BCUT2D eigenvalue weighted by molar-refractivity contribution is 0.285. The van der Waals surface area contributed by atoms with Crippen molar-refractivity contribution in [1.82, 2.24) is 0 Å². The van der Waals surface area contributed by atoms with Gasteiger partial charge < -0.3 is 0 Å². The molecule has 0 saturated heterocycles. The third-order valence-electron chi connectivity index (χ3n) is 3.23. The second-order valence-corrected chi connectivity index (χ2v) is 6.34. The molecule has 13 heavy (non-hydrogen) atoms. The Labute approximate surface area is 84.8 Å². The molecule has 1 nitrogen and oxygen atoms in total. The Morgan fingerprint density at radius 1 is 1.31 bits per heavy atom. The summed E-state index contributed by atoms with van der Waals surface area (Å²) in [6.07, 6.45) is 5.14. The van der Waals surface area contributed by atoms with Crippen LogP contribution in [0.4, 0.5) is 0 Å². The van der Waals surface area contributed by atoms with Gasteiger partial charge >= 0.3 is 0 Å². The van der Waals surface area contributed by atoms with Crippen LogP contribution in [0.15, 0.2) is 0 Å². The van der Waals surface area contributed by atoms with Crippen molar-refractivity contribution in [3.63, 3.8) is 0 Å². The van der Waals surface area contributed by atoms with Crippen molar-refractivity contribution in [1.29, 1.82) is 0 Å². The van der Waals surface area contributed by atoms with E-state index in [1.54, 1.807) is 0 Å². The Kier molecular flexibility index (Phi) is 4.43. The molecule has 0 N–H and O–H groups in total. The van der Waals surface area contributed by atoms with Crippen molar-refractivity contribution in [2.24, 2.45) is 11.8 Å². The molecule has 0 aromatic rings. The lowest BCUT2D eigenvalue weighted by Gasteiger charge is -2.33. The minimum absolute atomic E-state index is 0.499. The summed E-state index contributed by atoms with van der Waals surface area (Å²) >= 11 is 0. The summed E-state index contributed by atoms with van der Waals surface area (Å²) in [6.45, 7) is 6.59. The molecule has 1 saturated carbocycles. The van der Waals surface area contributed by atoms with Gasteiger partial charge in [-0.05, 0) is 24.7 Å². The van der Waals surface area contributed by atoms with Gasteiger partial charge in [-0.15, -0.1) is 0 Å². The van der Waals surface area contributed by atoms with Gasteiger partial charge in [0.25, 0.3) is 0 Å². The van der Waals surface area contributed by atoms with Crippen LogP contribution in [-0.4, -0.2) is 15.2 Å². The molecule has 2 heteroatoms. The highest BCUT2D eigenvalue weighted by Crippen LogP contribution is 2.33. The van der Waals surface area contributed by atoms with Crippen LogP contribution in [0.2, 0.25) is 0 Å². The summed E-state index contributed by atoms with van der Waals surface area (Å²) in [5.41, 5.74) is 0. The van der Waals surface area contributed by atoms with Crippen LogP contribution in [0.3, 0.4) is 0 Å². The summed E-state index contributed by atoms with van der Waals surface area (Å²) in [6, 6.07) is 0. The zero-order valence-electron chi connectivity index (χ0n) is 9.08. The van der Waals surface area contributed by atoms with Crippen LogP contribution in [0.5, 0.6) is 0 Å². The summed E-state index contributed by atoms with van der Waals surface area (Å²) < 4.78 is 11.8. The van der Waals surface area contributed by atoms with Crippen molar-refractivity contribution < 1.29 is 4.21 Å². The van der Waals surface area contributed by atoms with Gasteiger partial charge in [0.15, 0.2) is 0 Å². The Morgan fingerprint density at radius 3 is 2.46 bits per heavy atom. The Bertz CT molecular complexity index is 177. The first-order valence-corrected chi connectivity index (χ1v) is 6.92. The van der Waals surface area contributed by atoms with E-state index in [0.717, 1.165) is 11.7 Å². The van der Waals surface area contributed by atoms with E-state index < -0.39 is 10.8 Å². The normalized spacial score (nSPS) is 32.0. The maximum absolute atomic E-state index is 11.8. The van der Waals surface area contributed by atoms with E-state index >= 15 is 0 Å². The van der Waals surface area contributed by atoms with Crippen LogP contribution in [0, 0.1) is 11.8 Å². The molecule has 0 aromatic carbocycles. The first-order chi connectivity index (χ1) is 6.16. The molecule has 0 heterocycles. The minimum atomic E-state index is -0.564. The minimum Gasteiger partial charge on any atom is -0.259 e. The van der Waals surface area contributed by atoms with Gasteiger partial charge in [0.05, 0.1) is 0 Å². The topological polar surface area (TPSA) is 17.1 Å². The van der Waals surface area contributed by atoms with Crippen molar-refractivity contribution in [2.45, 2.75) is 51.7 Å². The Morgan fingerprint density at radius 2 is 1.92 bits per heavy atom. The maximum atomic E-state index is 11.8. The molecule has 3 atom stereocenters. The van der Waals surface area contributed by atoms with E-state index in [1.807, 2.05) is 6.92 Å². The van der Waals surface area contributed by atoms with Gasteiger partial charge in [-0.3, -0.25) is 4.21 Å². The van der Waals surface area contributed by atoms with Crippen LogP contribution in [0.1, 0.15) is 46.5 Å². The first-order valence-electron chi connectivity index (χ1n) is 5.54. The summed E-state index contributed by atoms with van der Waals surface area (Å²) in [7, 11) is -0.564. The molecule has 1 fully saturated rings. The first kappa shape index (κ1) is 11.2. The molecule has 3 unspecified atom stereocenters. The Balaban J connectivity index is 2.61. The summed E-state index contributed by atoms with van der Waals surface area (Å²) in [5.74, 6) is 2.27. The molecule has 1 rings (SSSR count). The van der Waals surface area contributed by atoms with E-state index in [0.29, 0.717) is 11.2 Å². The van der Waals surface area contributed by atoms with Crippen LogP contribution in [-0.2, 0) is 10.8 Å². The third kappa shape index (κ3) is 2.80. The smallest absolute Gasteiger partial charge is 0.0378 e. The number of rotatable bonds is 3. The van der Waals surface area contributed by atoms with Gasteiger partial charge in [-0.2, -0.15) is 0 Å². The van der Waals surface area contributed by atoms with E-state index in [4.69, 9.17) is 0 Å². The molecule has 78 valence electrons. The fraction of sp³-hybridized carbons (Fsp3) is 1.00. The van der Waals surface area contributed by atoms with E-state index in [-0.39, 0.29) is 0 Å². The van der Waals surface area contributed by atoms with Gasteiger partial charge in [0, 0.05) is 21.8 Å². The molecule has 0 aromatic heterocycles. The fourth-order valence-corrected chi connectivity index (χ4v) is 4.13. The van der Waals surface area contributed by atoms with E-state index in [2.05, 4.69) is 13.8 Å². The zero-order chi connectivity index (χ0) is 9.84. The van der Waals surface area contributed by atoms with Crippen LogP contribution < -0.4 is 0 Å². The monoisotopic (exact) mass is 202 g/mol. The molecule has 0 bridgehead atoms. The highest BCUT2D eigenvalue weighted by molar-refractivity contribution is 7.85. The molecule has 1 aliphatic rings. The van der Waals surface area contributed by atoms with Crippen molar-refractivity contribution >= 4 is 10.8 Å². The average molecular weight is 202 g/mol. The van der Waals surface area contributed by atoms with Crippen molar-refractivity contribution in [3.8, 4) is 0 Å². The van der Waals surface area contributed by atoms with E-state index in [9.17, 15) is 4.21 Å². The third-order valence-corrected chi connectivity index (χ3v) is 5.06. The molecule has 0 spiro atoms. The van der Waals surface area contributed by atoms with Crippen LogP contribution >= 0.6 is 0 Å². The van der Waals surface area contributed by atoms with Crippen molar-refractivity contribution in [2.75, 3.05) is 5.75 Å². The lowest BCUT2D eigenvalue weighted by atomic mass is 9.81. The lowest BCUT2D eigenvalue weighted by Crippen LogP contribution is -2.33. The van der Waals surface area contributed by atoms with Gasteiger partial charge in [0.2, 0.25) is 0 Å². The molecule has 1 aliphatic carbocycles. The largest absolute Gasteiger partial charge is 0.259 e. The SMILES string of the molecule is CCS(=O)C1CCCCC1C(C)C. The quantitative estimate of drug-likeness (QED) is 0.687.